The van der Waals surface area contributed by atoms with Crippen molar-refractivity contribution >= 4 is 10.9 Å². The van der Waals surface area contributed by atoms with Gasteiger partial charge >= 0.3 is 0 Å². The average molecular weight is 275 g/mol. The molecule has 1 aromatic heterocycles. The third-order valence-corrected chi connectivity index (χ3v) is 3.79. The first-order valence-corrected chi connectivity index (χ1v) is 7.32. The molecular weight excluding hydrogens is 250 g/mol. The lowest BCUT2D eigenvalue weighted by Crippen LogP contribution is -2.34. The molecule has 1 aromatic carbocycles. The molecule has 2 rings (SSSR count). The lowest BCUT2D eigenvalue weighted by molar-refractivity contribution is 0.100. The van der Waals surface area contributed by atoms with Crippen molar-refractivity contribution < 1.29 is 4.74 Å². The maximum atomic E-state index is 5.39. The molecule has 4 nitrogen and oxygen atoms in total. The number of nitrogens with zero attached hydrogens (tertiary/aromatic N) is 2. The van der Waals surface area contributed by atoms with Gasteiger partial charge < -0.3 is 10.1 Å². The van der Waals surface area contributed by atoms with E-state index in [1.54, 1.807) is 7.11 Å². The maximum absolute atomic E-state index is 5.39. The van der Waals surface area contributed by atoms with Gasteiger partial charge in [-0.2, -0.15) is 5.10 Å². The van der Waals surface area contributed by atoms with Gasteiger partial charge in [0.25, 0.3) is 0 Å². The van der Waals surface area contributed by atoms with E-state index in [2.05, 4.69) is 48.5 Å². The van der Waals surface area contributed by atoms with E-state index in [1.807, 2.05) is 11.7 Å². The zero-order valence-electron chi connectivity index (χ0n) is 12.9. The minimum Gasteiger partial charge on any atom is -0.382 e. The van der Waals surface area contributed by atoms with Crippen LogP contribution in [-0.2, 0) is 18.2 Å². The lowest BCUT2D eigenvalue weighted by Gasteiger charge is -2.20. The molecule has 2 unspecified atom stereocenters. The Morgan fingerprint density at radius 3 is 2.80 bits per heavy atom. The third kappa shape index (κ3) is 3.38. The Hall–Kier alpha value is -1.39. The van der Waals surface area contributed by atoms with Crippen LogP contribution in [0.15, 0.2) is 24.3 Å². The number of rotatable bonds is 7. The largest absolute Gasteiger partial charge is 0.382 e. The van der Waals surface area contributed by atoms with E-state index in [0.717, 1.165) is 25.1 Å². The van der Waals surface area contributed by atoms with E-state index < -0.39 is 0 Å². The van der Waals surface area contributed by atoms with Crippen LogP contribution < -0.4 is 5.32 Å². The fourth-order valence-electron chi connectivity index (χ4n) is 2.70. The van der Waals surface area contributed by atoms with Crippen molar-refractivity contribution in [2.24, 2.45) is 7.05 Å². The Morgan fingerprint density at radius 1 is 1.35 bits per heavy atom. The lowest BCUT2D eigenvalue weighted by atomic mass is 10.0. The highest BCUT2D eigenvalue weighted by molar-refractivity contribution is 5.81. The quantitative estimate of drug-likeness (QED) is 0.844. The summed E-state index contributed by atoms with van der Waals surface area (Å²) in [4.78, 5) is 0. The van der Waals surface area contributed by atoms with Crippen molar-refractivity contribution in [2.45, 2.75) is 38.8 Å². The summed E-state index contributed by atoms with van der Waals surface area (Å²) in [5.74, 6) is 0. The second-order valence-corrected chi connectivity index (χ2v) is 5.33. The summed E-state index contributed by atoms with van der Waals surface area (Å²) < 4.78 is 7.36. The third-order valence-electron chi connectivity index (χ3n) is 3.79. The number of fused-ring (bicyclic) bond motifs is 1. The number of benzene rings is 1. The van der Waals surface area contributed by atoms with E-state index in [4.69, 9.17) is 4.74 Å². The highest BCUT2D eigenvalue weighted by atomic mass is 16.5. The molecule has 1 N–H and O–H groups in total. The Bertz CT molecular complexity index is 550. The van der Waals surface area contributed by atoms with Crippen LogP contribution in [0.4, 0.5) is 0 Å². The number of likely N-dealkylation sites (N-methyl/N-ethyl adjacent to an activating group) is 1. The SMILES string of the molecule is CCNC(Cc1nn(C)c2ccccc12)CC(C)OC. The van der Waals surface area contributed by atoms with Gasteiger partial charge in [0, 0.05) is 32.0 Å². The number of hydrogen-bond donors (Lipinski definition) is 1. The second-order valence-electron chi connectivity index (χ2n) is 5.33. The minimum absolute atomic E-state index is 0.258. The first-order valence-electron chi connectivity index (χ1n) is 7.32. The van der Waals surface area contributed by atoms with Crippen molar-refractivity contribution in [3.05, 3.63) is 30.0 Å². The van der Waals surface area contributed by atoms with Crippen molar-refractivity contribution in [3.63, 3.8) is 0 Å². The molecule has 2 aromatic rings. The molecule has 0 aliphatic rings. The van der Waals surface area contributed by atoms with Gasteiger partial charge in [-0.1, -0.05) is 25.1 Å². The topological polar surface area (TPSA) is 39.1 Å². The van der Waals surface area contributed by atoms with Crippen LogP contribution in [-0.4, -0.2) is 35.6 Å². The van der Waals surface area contributed by atoms with E-state index in [1.165, 1.54) is 10.9 Å². The fraction of sp³-hybridized carbons (Fsp3) is 0.562. The van der Waals surface area contributed by atoms with E-state index >= 15 is 0 Å². The average Bonchev–Trinajstić information content (AvgIpc) is 2.76. The molecule has 0 fully saturated rings. The molecule has 0 spiro atoms. The number of hydrogen-bond acceptors (Lipinski definition) is 3. The zero-order valence-corrected chi connectivity index (χ0v) is 12.9. The first kappa shape index (κ1) is 15.0. The molecule has 110 valence electrons. The van der Waals surface area contributed by atoms with Crippen LogP contribution in [0.5, 0.6) is 0 Å². The molecular formula is C16H25N3O. The summed E-state index contributed by atoms with van der Waals surface area (Å²) in [5, 5.41) is 9.47. The summed E-state index contributed by atoms with van der Waals surface area (Å²) >= 11 is 0. The van der Waals surface area contributed by atoms with Crippen LogP contribution in [0.25, 0.3) is 10.9 Å². The Balaban J connectivity index is 2.19. The predicted molar refractivity (Wildman–Crippen MR) is 83.0 cm³/mol. The molecule has 0 aliphatic heterocycles. The number of aromatic nitrogens is 2. The molecule has 0 saturated carbocycles. The molecule has 1 heterocycles. The van der Waals surface area contributed by atoms with Crippen molar-refractivity contribution in [3.8, 4) is 0 Å². The van der Waals surface area contributed by atoms with E-state index in [9.17, 15) is 0 Å². The van der Waals surface area contributed by atoms with Gasteiger partial charge in [-0.15, -0.1) is 0 Å². The molecule has 20 heavy (non-hydrogen) atoms. The first-order chi connectivity index (χ1) is 9.65. The van der Waals surface area contributed by atoms with Gasteiger partial charge in [-0.3, -0.25) is 4.68 Å². The van der Waals surface area contributed by atoms with Gasteiger partial charge in [0.15, 0.2) is 0 Å². The monoisotopic (exact) mass is 275 g/mol. The summed E-state index contributed by atoms with van der Waals surface area (Å²) in [6.45, 7) is 5.22. The number of nitrogens with one attached hydrogen (secondary N) is 1. The van der Waals surface area contributed by atoms with Gasteiger partial charge in [0.2, 0.25) is 0 Å². The smallest absolute Gasteiger partial charge is 0.0718 e. The highest BCUT2D eigenvalue weighted by Gasteiger charge is 2.16. The van der Waals surface area contributed by atoms with Gasteiger partial charge in [0.05, 0.1) is 17.3 Å². The summed E-state index contributed by atoms with van der Waals surface area (Å²) in [6.07, 6.45) is 2.19. The number of para-hydroxylation sites is 1. The van der Waals surface area contributed by atoms with Crippen LogP contribution in [0.1, 0.15) is 26.0 Å². The van der Waals surface area contributed by atoms with E-state index in [-0.39, 0.29) is 6.10 Å². The van der Waals surface area contributed by atoms with Crippen LogP contribution in [0.2, 0.25) is 0 Å². The molecule has 2 atom stereocenters. The normalized spacial score (nSPS) is 14.6. The molecule has 0 amide bonds. The molecule has 0 saturated heterocycles. The standard InChI is InChI=1S/C16H25N3O/c1-5-17-13(10-12(2)20-4)11-15-14-8-6-7-9-16(14)19(3)18-15/h6-9,12-13,17H,5,10-11H2,1-4H3. The Kier molecular flexibility index (Phi) is 5.15. The zero-order chi connectivity index (χ0) is 14.5. The minimum atomic E-state index is 0.258. The second kappa shape index (κ2) is 6.86. The van der Waals surface area contributed by atoms with Crippen molar-refractivity contribution in [1.29, 1.82) is 0 Å². The number of ether oxygens (including phenoxy) is 1. The van der Waals surface area contributed by atoms with Gasteiger partial charge in [0.1, 0.15) is 0 Å². The fourth-order valence-corrected chi connectivity index (χ4v) is 2.70. The Morgan fingerprint density at radius 2 is 2.10 bits per heavy atom. The van der Waals surface area contributed by atoms with E-state index in [0.29, 0.717) is 6.04 Å². The summed E-state index contributed by atoms with van der Waals surface area (Å²) in [6, 6.07) is 8.80. The van der Waals surface area contributed by atoms with Crippen LogP contribution >= 0.6 is 0 Å². The van der Waals surface area contributed by atoms with Crippen molar-refractivity contribution in [1.82, 2.24) is 15.1 Å². The molecule has 0 radical (unpaired) electrons. The molecule has 4 heteroatoms. The summed E-state index contributed by atoms with van der Waals surface area (Å²) in [7, 11) is 3.77. The van der Waals surface area contributed by atoms with Crippen LogP contribution in [0.3, 0.4) is 0 Å². The Labute approximate surface area is 121 Å². The van der Waals surface area contributed by atoms with Gasteiger partial charge in [-0.05, 0) is 26.0 Å². The highest BCUT2D eigenvalue weighted by Crippen LogP contribution is 2.19. The van der Waals surface area contributed by atoms with Gasteiger partial charge in [-0.25, -0.2) is 0 Å². The molecule has 0 aliphatic carbocycles. The summed E-state index contributed by atoms with van der Waals surface area (Å²) in [5.41, 5.74) is 2.36. The van der Waals surface area contributed by atoms with Crippen LogP contribution in [0, 0.1) is 0 Å². The number of aryl methyl sites for hydroxylation is 1. The van der Waals surface area contributed by atoms with Crippen molar-refractivity contribution in [2.75, 3.05) is 13.7 Å². The number of methoxy groups -OCH3 is 1. The maximum Gasteiger partial charge on any atom is 0.0718 e. The molecule has 0 bridgehead atoms. The predicted octanol–water partition coefficient (Wildman–Crippen LogP) is 2.52.